The van der Waals surface area contributed by atoms with Gasteiger partial charge in [-0.25, -0.2) is 15.0 Å². The number of fused-ring (bicyclic) bond motifs is 1. The van der Waals surface area contributed by atoms with Crippen LogP contribution < -0.4 is 22.9 Å². The fourth-order valence-electron chi connectivity index (χ4n) is 3.32. The van der Waals surface area contributed by atoms with Gasteiger partial charge in [-0.3, -0.25) is 14.2 Å². The summed E-state index contributed by atoms with van der Waals surface area (Å²) in [7, 11) is 0. The Labute approximate surface area is 211 Å². The molecule has 1 saturated heterocycles. The van der Waals surface area contributed by atoms with Crippen molar-refractivity contribution in [2.75, 3.05) is 23.8 Å². The van der Waals surface area contributed by atoms with Crippen molar-refractivity contribution in [3.8, 4) is 0 Å². The van der Waals surface area contributed by atoms with Gasteiger partial charge in [-0.1, -0.05) is 6.42 Å². The number of carboxylic acid groups (broad SMARTS) is 2. The molecule has 0 bridgehead atoms. The van der Waals surface area contributed by atoms with Crippen molar-refractivity contribution in [2.45, 2.75) is 62.3 Å². The number of nitrogen functional groups attached to an aromatic ring is 1. The van der Waals surface area contributed by atoms with Crippen molar-refractivity contribution >= 4 is 40.7 Å². The third-order valence-electron chi connectivity index (χ3n) is 5.46. The quantitative estimate of drug-likeness (QED) is 0.139. The van der Waals surface area contributed by atoms with Gasteiger partial charge >= 0.3 is 11.9 Å². The SMILES string of the molecule is NCCCC[C@H](N)C(=O)O.Nc1ncnc2c1ncn2[C@@H]1O[C@H](CSCC[C@H](N)C(=O)O)[C@@H](O)[C@H]1O. The zero-order valence-electron chi connectivity index (χ0n) is 19.6. The number of thioether (sulfide) groups is 1. The fourth-order valence-corrected chi connectivity index (χ4v) is 4.41. The third-order valence-corrected chi connectivity index (χ3v) is 6.55. The van der Waals surface area contributed by atoms with E-state index in [1.165, 1.54) is 29.0 Å². The molecule has 1 aliphatic heterocycles. The first kappa shape index (κ1) is 29.6. The van der Waals surface area contributed by atoms with Gasteiger partial charge in [0.2, 0.25) is 0 Å². The molecule has 3 heterocycles. The topological polar surface area (TPSA) is 272 Å². The molecule has 2 aromatic heterocycles. The Morgan fingerprint density at radius 3 is 2.36 bits per heavy atom. The van der Waals surface area contributed by atoms with Crippen LogP contribution in [0, 0.1) is 0 Å². The van der Waals surface area contributed by atoms with E-state index < -0.39 is 48.6 Å². The van der Waals surface area contributed by atoms with Crippen LogP contribution in [0.3, 0.4) is 0 Å². The molecule has 202 valence electrons. The molecule has 6 atom stereocenters. The number of rotatable bonds is 12. The Morgan fingerprint density at radius 2 is 1.72 bits per heavy atom. The first-order chi connectivity index (χ1) is 17.1. The lowest BCUT2D eigenvalue weighted by Crippen LogP contribution is -2.33. The largest absolute Gasteiger partial charge is 0.480 e. The van der Waals surface area contributed by atoms with E-state index in [0.29, 0.717) is 42.1 Å². The van der Waals surface area contributed by atoms with E-state index in [0.717, 1.165) is 12.8 Å². The number of nitrogens with zero attached hydrogens (tertiary/aromatic N) is 4. The number of aromatic nitrogens is 4. The van der Waals surface area contributed by atoms with E-state index >= 15 is 0 Å². The molecule has 0 spiro atoms. The maximum atomic E-state index is 10.7. The van der Waals surface area contributed by atoms with Crippen molar-refractivity contribution in [1.82, 2.24) is 19.5 Å². The van der Waals surface area contributed by atoms with Crippen molar-refractivity contribution in [2.24, 2.45) is 17.2 Å². The molecule has 1 aliphatic rings. The second kappa shape index (κ2) is 14.2. The van der Waals surface area contributed by atoms with Crippen LogP contribution in [0.15, 0.2) is 12.7 Å². The molecule has 0 aliphatic carbocycles. The summed E-state index contributed by atoms with van der Waals surface area (Å²) in [6.45, 7) is 0.604. The van der Waals surface area contributed by atoms with Crippen LogP contribution in [0.4, 0.5) is 5.82 Å². The maximum Gasteiger partial charge on any atom is 0.320 e. The van der Waals surface area contributed by atoms with Gasteiger partial charge in [-0.2, -0.15) is 11.8 Å². The normalized spacial score (nSPS) is 23.1. The van der Waals surface area contributed by atoms with E-state index in [9.17, 15) is 19.8 Å². The van der Waals surface area contributed by atoms with Crippen molar-refractivity contribution in [3.63, 3.8) is 0 Å². The summed E-state index contributed by atoms with van der Waals surface area (Å²) in [6.07, 6.45) is 1.42. The molecule has 1 fully saturated rings. The predicted octanol–water partition coefficient (Wildman–Crippen LogP) is -1.91. The average molecular weight is 531 g/mol. The Kier molecular flexibility index (Phi) is 11.7. The predicted molar refractivity (Wildman–Crippen MR) is 132 cm³/mol. The number of ether oxygens (including phenoxy) is 1. The minimum atomic E-state index is -1.17. The van der Waals surface area contributed by atoms with Crippen LogP contribution >= 0.6 is 11.8 Å². The van der Waals surface area contributed by atoms with Crippen molar-refractivity contribution in [3.05, 3.63) is 12.7 Å². The van der Waals surface area contributed by atoms with E-state index in [4.69, 9.17) is 37.9 Å². The van der Waals surface area contributed by atoms with Crippen LogP contribution in [0.2, 0.25) is 0 Å². The van der Waals surface area contributed by atoms with Crippen LogP contribution in [-0.4, -0.2) is 100 Å². The summed E-state index contributed by atoms with van der Waals surface area (Å²) < 4.78 is 7.29. The second-order valence-corrected chi connectivity index (χ2v) is 9.32. The van der Waals surface area contributed by atoms with Gasteiger partial charge in [0.15, 0.2) is 17.7 Å². The lowest BCUT2D eigenvalue weighted by molar-refractivity contribution is -0.139. The molecule has 3 rings (SSSR count). The summed E-state index contributed by atoms with van der Waals surface area (Å²) in [4.78, 5) is 32.9. The summed E-state index contributed by atoms with van der Waals surface area (Å²) >= 11 is 1.40. The molecular formula is C20H34N8O7S. The van der Waals surface area contributed by atoms with E-state index in [2.05, 4.69) is 15.0 Å². The van der Waals surface area contributed by atoms with Gasteiger partial charge in [-0.05, 0) is 31.6 Å². The standard InChI is InChI=1S/C14H20N6O5S.C6H14N2O2/c15-6(14(23)24)1-2-26-3-7-9(21)10(22)13(25-7)20-5-19-8-11(16)17-4-18-12(8)20;7-4-2-1-3-5(8)6(9)10/h4-7,9-10,13,21-22H,1-3,15H2,(H,23,24)(H2,16,17,18);5H,1-4,7-8H2,(H,9,10)/t6-,7+,9+,10+,13+;5-/m00/s1. The smallest absolute Gasteiger partial charge is 0.320 e. The van der Waals surface area contributed by atoms with Crippen LogP contribution in [0.25, 0.3) is 11.2 Å². The minimum absolute atomic E-state index is 0.212. The number of hydrogen-bond acceptors (Lipinski definition) is 13. The first-order valence-electron chi connectivity index (χ1n) is 11.3. The molecule has 0 aromatic carbocycles. The molecule has 0 saturated carbocycles. The third kappa shape index (κ3) is 7.95. The molecule has 16 heteroatoms. The minimum Gasteiger partial charge on any atom is -0.480 e. The average Bonchev–Trinajstić information content (AvgIpc) is 3.39. The van der Waals surface area contributed by atoms with Gasteiger partial charge in [0, 0.05) is 5.75 Å². The van der Waals surface area contributed by atoms with Crippen molar-refractivity contribution in [1.29, 1.82) is 0 Å². The molecule has 2 aromatic rings. The summed E-state index contributed by atoms with van der Waals surface area (Å²) in [5, 5.41) is 37.7. The number of aliphatic hydroxyl groups excluding tert-OH is 2. The Morgan fingerprint density at radius 1 is 1.06 bits per heavy atom. The number of aliphatic hydroxyl groups is 2. The first-order valence-corrected chi connectivity index (χ1v) is 12.4. The van der Waals surface area contributed by atoms with Gasteiger partial charge in [0.1, 0.15) is 36.1 Å². The molecule has 12 N–H and O–H groups in total. The van der Waals surface area contributed by atoms with Gasteiger partial charge in [0.05, 0.1) is 12.4 Å². The lowest BCUT2D eigenvalue weighted by Gasteiger charge is -2.16. The van der Waals surface area contributed by atoms with E-state index in [-0.39, 0.29) is 5.82 Å². The molecule has 36 heavy (non-hydrogen) atoms. The number of unbranched alkanes of at least 4 members (excludes halogenated alkanes) is 1. The highest BCUT2D eigenvalue weighted by molar-refractivity contribution is 7.99. The van der Waals surface area contributed by atoms with E-state index in [1.807, 2.05) is 0 Å². The number of aliphatic carboxylic acids is 2. The molecular weight excluding hydrogens is 496 g/mol. The van der Waals surface area contributed by atoms with Crippen LogP contribution in [-0.2, 0) is 14.3 Å². The van der Waals surface area contributed by atoms with Gasteiger partial charge in [-0.15, -0.1) is 0 Å². The highest BCUT2D eigenvalue weighted by Crippen LogP contribution is 2.33. The number of hydrogen-bond donors (Lipinski definition) is 8. The van der Waals surface area contributed by atoms with Crippen LogP contribution in [0.1, 0.15) is 31.9 Å². The Balaban J connectivity index is 0.000000388. The fraction of sp³-hybridized carbons (Fsp3) is 0.650. The number of carboxylic acids is 2. The molecule has 0 unspecified atom stereocenters. The summed E-state index contributed by atoms with van der Waals surface area (Å²) in [5.74, 6) is -0.893. The summed E-state index contributed by atoms with van der Waals surface area (Å²) in [6, 6.07) is -1.63. The monoisotopic (exact) mass is 530 g/mol. The van der Waals surface area contributed by atoms with Gasteiger partial charge in [0.25, 0.3) is 0 Å². The number of carbonyl (C=O) groups is 2. The molecule has 15 nitrogen and oxygen atoms in total. The number of anilines is 1. The lowest BCUT2D eigenvalue weighted by atomic mass is 10.1. The number of imidazole rings is 1. The van der Waals surface area contributed by atoms with Gasteiger partial charge < -0.3 is 48.1 Å². The van der Waals surface area contributed by atoms with E-state index in [1.54, 1.807) is 0 Å². The summed E-state index contributed by atoms with van der Waals surface area (Å²) in [5.41, 5.74) is 22.4. The second-order valence-electron chi connectivity index (χ2n) is 8.17. The Hall–Kier alpha value is -2.60. The number of nitrogens with two attached hydrogens (primary N) is 4. The van der Waals surface area contributed by atoms with Crippen molar-refractivity contribution < 1.29 is 34.8 Å². The Bertz CT molecular complexity index is 996. The highest BCUT2D eigenvalue weighted by Gasteiger charge is 2.44. The maximum absolute atomic E-state index is 10.7. The molecule has 0 radical (unpaired) electrons. The highest BCUT2D eigenvalue weighted by atomic mass is 32.2. The molecule has 0 amide bonds. The van der Waals surface area contributed by atoms with Crippen LogP contribution in [0.5, 0.6) is 0 Å². The zero-order chi connectivity index (χ0) is 26.8. The zero-order valence-corrected chi connectivity index (χ0v) is 20.4.